The van der Waals surface area contributed by atoms with Crippen LogP contribution in [0.4, 0.5) is 15.3 Å². The average molecular weight is 776 g/mol. The van der Waals surface area contributed by atoms with Gasteiger partial charge in [0.2, 0.25) is 6.29 Å². The van der Waals surface area contributed by atoms with Gasteiger partial charge in [0.05, 0.1) is 20.3 Å². The quantitative estimate of drug-likeness (QED) is 0.0246. The largest absolute Gasteiger partial charge is 0.511 e. The van der Waals surface area contributed by atoms with Gasteiger partial charge >= 0.3 is 18.2 Å². The van der Waals surface area contributed by atoms with Crippen LogP contribution in [0.5, 0.6) is 5.75 Å². The fraction of sp³-hybridized carbons (Fsp3) is 0.425. The van der Waals surface area contributed by atoms with E-state index in [2.05, 4.69) is 27.9 Å². The van der Waals surface area contributed by atoms with Crippen LogP contribution in [0.2, 0.25) is 0 Å². The third-order valence-corrected chi connectivity index (χ3v) is 8.62. The van der Waals surface area contributed by atoms with Crippen molar-refractivity contribution in [3.05, 3.63) is 76.6 Å². The van der Waals surface area contributed by atoms with Gasteiger partial charge in [-0.15, -0.1) is 0 Å². The molecular weight excluding hydrogens is 726 g/mol. The summed E-state index contributed by atoms with van der Waals surface area (Å²) in [6, 6.07) is 12.2. The minimum absolute atomic E-state index is 0.0865. The third-order valence-electron chi connectivity index (χ3n) is 8.62. The number of hydrogen-bond donors (Lipinski definition) is 5. The highest BCUT2D eigenvalue weighted by atomic mass is 16.8. The van der Waals surface area contributed by atoms with Crippen LogP contribution in [0.15, 0.2) is 48.5 Å². The summed E-state index contributed by atoms with van der Waals surface area (Å²) in [4.78, 5) is 69.4. The number of carbonyl (C=O) groups is 5. The number of aliphatic hydroxyl groups is 1. The molecule has 1 saturated carbocycles. The van der Waals surface area contributed by atoms with Crippen LogP contribution in [0.3, 0.4) is 0 Å². The maximum Gasteiger partial charge on any atom is 0.511 e. The van der Waals surface area contributed by atoms with E-state index in [0.29, 0.717) is 35.0 Å². The van der Waals surface area contributed by atoms with E-state index >= 15 is 0 Å². The molecule has 0 saturated heterocycles. The molecule has 1 aliphatic carbocycles. The summed E-state index contributed by atoms with van der Waals surface area (Å²) in [7, 11) is 1.45. The molecule has 1 aliphatic rings. The number of amides is 3. The maximum absolute atomic E-state index is 14.0. The van der Waals surface area contributed by atoms with Crippen molar-refractivity contribution in [2.75, 3.05) is 32.2 Å². The number of aromatic nitrogens is 1. The number of pyridine rings is 1. The van der Waals surface area contributed by atoms with Gasteiger partial charge in [0, 0.05) is 41.4 Å². The number of rotatable bonds is 18. The topological polar surface area (TPSA) is 225 Å². The van der Waals surface area contributed by atoms with E-state index in [4.69, 9.17) is 34.2 Å². The van der Waals surface area contributed by atoms with E-state index in [1.807, 2.05) is 0 Å². The third kappa shape index (κ3) is 12.5. The molecule has 2 atom stereocenters. The van der Waals surface area contributed by atoms with Crippen molar-refractivity contribution in [1.82, 2.24) is 15.6 Å². The van der Waals surface area contributed by atoms with Crippen molar-refractivity contribution in [3.63, 3.8) is 0 Å². The lowest BCUT2D eigenvalue weighted by Crippen LogP contribution is -2.31. The summed E-state index contributed by atoms with van der Waals surface area (Å²) in [6.07, 6.45) is 1.54. The van der Waals surface area contributed by atoms with E-state index in [-0.39, 0.29) is 40.5 Å². The van der Waals surface area contributed by atoms with Gasteiger partial charge in [-0.2, -0.15) is 0 Å². The number of benzene rings is 2. The highest BCUT2D eigenvalue weighted by Crippen LogP contribution is 2.34. The molecule has 56 heavy (non-hydrogen) atoms. The van der Waals surface area contributed by atoms with Crippen LogP contribution in [0.1, 0.15) is 102 Å². The van der Waals surface area contributed by atoms with Gasteiger partial charge in [-0.3, -0.25) is 20.3 Å². The molecule has 0 spiro atoms. The van der Waals surface area contributed by atoms with Crippen LogP contribution >= 0.6 is 0 Å². The summed E-state index contributed by atoms with van der Waals surface area (Å²) in [5, 5.41) is 25.5. The Morgan fingerprint density at radius 1 is 0.929 bits per heavy atom. The van der Waals surface area contributed by atoms with Crippen LogP contribution in [0.25, 0.3) is 11.1 Å². The van der Waals surface area contributed by atoms with Crippen molar-refractivity contribution in [3.8, 4) is 16.9 Å². The molecule has 4 rings (SSSR count). The second-order valence-electron chi connectivity index (χ2n) is 13.3. The Morgan fingerprint density at radius 2 is 1.66 bits per heavy atom. The standard InChI is InChI=1S/C40H49N5O11/c1-6-7-8-9-18-53-39(50)45-35(41)27-12-14-28(15-13-27)43-36(47)31-19-23(2)33(52-5)20-30(31)29-16-17-32(37(48)42-21-26-10-11-26)44-34(29)38(49)55-25(4)56-40(51)54-24(3)22-46/h12-17,19-20,24-26,46H,6-11,18,21-22H2,1-5H3,(H,42,48)(H,43,47)(H2,41,45,50). The van der Waals surface area contributed by atoms with E-state index in [1.54, 1.807) is 43.3 Å². The number of anilines is 1. The molecule has 2 unspecified atom stereocenters. The molecule has 3 aromatic rings. The average Bonchev–Trinajstić information content (AvgIpc) is 4.01. The first-order valence-corrected chi connectivity index (χ1v) is 18.4. The second kappa shape index (κ2) is 20.6. The van der Waals surface area contributed by atoms with Gasteiger partial charge in [0.25, 0.3) is 11.8 Å². The van der Waals surface area contributed by atoms with Crippen molar-refractivity contribution in [1.29, 1.82) is 5.41 Å². The first-order valence-electron chi connectivity index (χ1n) is 18.4. The SMILES string of the molecule is CCCCCCOC(=O)NC(=N)c1ccc(NC(=O)c2cc(C)c(OC)cc2-c2ccc(C(=O)NCC3CC3)nc2C(=O)OC(C)OC(=O)OC(C)CO)cc1. The lowest BCUT2D eigenvalue weighted by Gasteiger charge is -2.19. The molecule has 16 nitrogen and oxygen atoms in total. The summed E-state index contributed by atoms with van der Waals surface area (Å²) < 4.78 is 26.0. The Hall–Kier alpha value is -6.03. The lowest BCUT2D eigenvalue weighted by molar-refractivity contribution is -0.0912. The molecule has 300 valence electrons. The van der Waals surface area contributed by atoms with Crippen molar-refractivity contribution in [2.24, 2.45) is 5.92 Å². The fourth-order valence-corrected chi connectivity index (χ4v) is 5.34. The minimum Gasteiger partial charge on any atom is -0.496 e. The predicted molar refractivity (Wildman–Crippen MR) is 205 cm³/mol. The Labute approximate surface area is 325 Å². The molecular formula is C40H49N5O11. The summed E-state index contributed by atoms with van der Waals surface area (Å²) in [5.41, 5.74) is 1.30. The van der Waals surface area contributed by atoms with E-state index in [0.717, 1.165) is 38.5 Å². The highest BCUT2D eigenvalue weighted by Gasteiger charge is 2.28. The summed E-state index contributed by atoms with van der Waals surface area (Å²) >= 11 is 0. The Morgan fingerprint density at radius 3 is 2.32 bits per heavy atom. The number of aliphatic hydroxyl groups excluding tert-OH is 1. The zero-order valence-corrected chi connectivity index (χ0v) is 32.2. The number of alkyl carbamates (subject to hydrolysis) is 1. The van der Waals surface area contributed by atoms with Crippen LogP contribution in [-0.4, -0.2) is 85.2 Å². The molecule has 2 aromatic carbocycles. The van der Waals surface area contributed by atoms with Gasteiger partial charge in [0.1, 0.15) is 23.4 Å². The van der Waals surface area contributed by atoms with Gasteiger partial charge in [0.15, 0.2) is 5.69 Å². The number of hydrogen-bond acceptors (Lipinski definition) is 13. The molecule has 0 radical (unpaired) electrons. The Bertz CT molecular complexity index is 1900. The number of amidine groups is 1. The number of methoxy groups -OCH3 is 1. The normalized spacial score (nSPS) is 13.0. The number of nitrogens with zero attached hydrogens (tertiary/aromatic N) is 1. The minimum atomic E-state index is -1.47. The van der Waals surface area contributed by atoms with E-state index in [1.165, 1.54) is 33.1 Å². The van der Waals surface area contributed by atoms with Gasteiger partial charge in [-0.1, -0.05) is 26.2 Å². The maximum atomic E-state index is 14.0. The number of ether oxygens (including phenoxy) is 5. The Balaban J connectivity index is 1.60. The molecule has 0 aliphatic heterocycles. The number of aryl methyl sites for hydroxylation is 1. The smallest absolute Gasteiger partial charge is 0.496 e. The summed E-state index contributed by atoms with van der Waals surface area (Å²) in [6.45, 7) is 6.78. The number of esters is 1. The molecule has 1 heterocycles. The van der Waals surface area contributed by atoms with Crippen LogP contribution in [-0.2, 0) is 18.9 Å². The second-order valence-corrected chi connectivity index (χ2v) is 13.3. The molecule has 3 amide bonds. The summed E-state index contributed by atoms with van der Waals surface area (Å²) in [5.74, 6) is -1.60. The van der Waals surface area contributed by atoms with Crippen LogP contribution in [0, 0.1) is 18.3 Å². The van der Waals surface area contributed by atoms with Crippen molar-refractivity contribution < 1.29 is 52.8 Å². The van der Waals surface area contributed by atoms with Crippen LogP contribution < -0.4 is 20.7 Å². The molecule has 0 bridgehead atoms. The monoisotopic (exact) mass is 775 g/mol. The number of unbranched alkanes of at least 4 members (excludes halogenated alkanes) is 3. The predicted octanol–water partition coefficient (Wildman–Crippen LogP) is 6.13. The molecule has 5 N–H and O–H groups in total. The van der Waals surface area contributed by atoms with Gasteiger partial charge in [-0.05, 0) is 93.1 Å². The number of carbonyl (C=O) groups excluding carboxylic acids is 5. The molecule has 16 heteroatoms. The first-order chi connectivity index (χ1) is 26.8. The van der Waals surface area contributed by atoms with Crippen molar-refractivity contribution in [2.45, 2.75) is 78.6 Å². The molecule has 1 fully saturated rings. The van der Waals surface area contributed by atoms with Gasteiger partial charge in [-0.25, -0.2) is 19.4 Å². The van der Waals surface area contributed by atoms with E-state index in [9.17, 15) is 24.0 Å². The first kappa shape index (κ1) is 42.7. The van der Waals surface area contributed by atoms with Crippen molar-refractivity contribution >= 4 is 41.6 Å². The fourth-order valence-electron chi connectivity index (χ4n) is 5.34. The zero-order chi connectivity index (χ0) is 40.8. The Kier molecular flexibility index (Phi) is 15.7. The van der Waals surface area contributed by atoms with E-state index < -0.39 is 49.0 Å². The van der Waals surface area contributed by atoms with Gasteiger partial charge < -0.3 is 39.4 Å². The lowest BCUT2D eigenvalue weighted by atomic mass is 9.94. The highest BCUT2D eigenvalue weighted by molar-refractivity contribution is 6.11. The zero-order valence-electron chi connectivity index (χ0n) is 32.2. The number of nitrogens with one attached hydrogen (secondary N) is 4. The molecule has 1 aromatic heterocycles.